The highest BCUT2D eigenvalue weighted by Gasteiger charge is 2.37. The van der Waals surface area contributed by atoms with Crippen LogP contribution in [0.4, 0.5) is 30.7 Å². The van der Waals surface area contributed by atoms with Gasteiger partial charge in [-0.25, -0.2) is 8.78 Å². The quantitative estimate of drug-likeness (QED) is 0.343. The van der Waals surface area contributed by atoms with Gasteiger partial charge in [0.25, 0.3) is 0 Å². The van der Waals surface area contributed by atoms with Crippen molar-refractivity contribution in [2.24, 2.45) is 5.92 Å². The van der Waals surface area contributed by atoms with E-state index in [2.05, 4.69) is 11.7 Å². The van der Waals surface area contributed by atoms with Crippen LogP contribution in [0.15, 0.2) is 36.4 Å². The molecule has 1 saturated carbocycles. The molecule has 1 fully saturated rings. The Kier molecular flexibility index (Phi) is 8.16. The van der Waals surface area contributed by atoms with E-state index in [9.17, 15) is 30.7 Å². The smallest absolute Gasteiger partial charge is 0.399 e. The highest BCUT2D eigenvalue weighted by Crippen LogP contribution is 2.40. The van der Waals surface area contributed by atoms with E-state index in [4.69, 9.17) is 4.74 Å². The second-order valence-corrected chi connectivity index (χ2v) is 8.77. The summed E-state index contributed by atoms with van der Waals surface area (Å²) in [6, 6.07) is 6.77. The van der Waals surface area contributed by atoms with Gasteiger partial charge in [-0.3, -0.25) is 0 Å². The summed E-state index contributed by atoms with van der Waals surface area (Å²) < 4.78 is 102. The number of halogens is 7. The summed E-state index contributed by atoms with van der Waals surface area (Å²) >= 11 is 0. The largest absolute Gasteiger partial charge is 0.573 e. The zero-order valence-corrected chi connectivity index (χ0v) is 18.9. The van der Waals surface area contributed by atoms with Crippen LogP contribution in [0.5, 0.6) is 5.75 Å². The predicted molar refractivity (Wildman–Crippen MR) is 112 cm³/mol. The van der Waals surface area contributed by atoms with E-state index >= 15 is 0 Å². The molecule has 0 aromatic heterocycles. The molecule has 0 amide bonds. The molecule has 188 valence electrons. The number of hydrogen-bond acceptors (Lipinski definition) is 2. The van der Waals surface area contributed by atoms with Crippen molar-refractivity contribution in [3.05, 3.63) is 64.7 Å². The molecule has 0 N–H and O–H groups in total. The van der Waals surface area contributed by atoms with Crippen LogP contribution in [0.3, 0.4) is 0 Å². The highest BCUT2D eigenvalue weighted by molar-refractivity contribution is 5.33. The molecule has 9 heteroatoms. The fraction of sp³-hybridized carbons (Fsp3) is 0.520. The van der Waals surface area contributed by atoms with Crippen LogP contribution in [-0.2, 0) is 10.8 Å². The minimum atomic E-state index is -5.31. The first-order chi connectivity index (χ1) is 15.9. The van der Waals surface area contributed by atoms with Gasteiger partial charge in [-0.2, -0.15) is 8.78 Å². The fourth-order valence-electron chi connectivity index (χ4n) is 4.53. The first kappa shape index (κ1) is 26.3. The number of benzene rings is 2. The molecular weight excluding hydrogens is 465 g/mol. The summed E-state index contributed by atoms with van der Waals surface area (Å²) in [7, 11) is 0. The average molecular weight is 492 g/mol. The third kappa shape index (κ3) is 6.64. The van der Waals surface area contributed by atoms with E-state index in [0.29, 0.717) is 18.1 Å². The van der Waals surface area contributed by atoms with Crippen molar-refractivity contribution >= 4 is 0 Å². The van der Waals surface area contributed by atoms with Crippen molar-refractivity contribution in [2.45, 2.75) is 76.9 Å². The van der Waals surface area contributed by atoms with E-state index in [1.165, 1.54) is 18.6 Å². The predicted octanol–water partition coefficient (Wildman–Crippen LogP) is 8.76. The summed E-state index contributed by atoms with van der Waals surface area (Å²) in [5, 5.41) is 0. The monoisotopic (exact) mass is 492 g/mol. The standard InChI is InChI=1S/C25H27F7O2/c1-3-4-16-5-7-17(8-6-16)18-9-11-20(12-10-18)24(28,29)33-15(2)19-13-21(26)23(22(27)14-19)34-25(30,31)32/h9-17H,3-8H2,1-2H3. The molecule has 0 spiro atoms. The van der Waals surface area contributed by atoms with Gasteiger partial charge in [0.05, 0.1) is 11.7 Å². The molecule has 0 radical (unpaired) electrons. The number of hydrogen-bond donors (Lipinski definition) is 0. The fourth-order valence-corrected chi connectivity index (χ4v) is 4.53. The van der Waals surface area contributed by atoms with Gasteiger partial charge in [0.15, 0.2) is 11.6 Å². The Hall–Kier alpha value is -2.29. The summed E-state index contributed by atoms with van der Waals surface area (Å²) in [5.74, 6) is -3.97. The lowest BCUT2D eigenvalue weighted by molar-refractivity contribution is -0.276. The van der Waals surface area contributed by atoms with Gasteiger partial charge in [0, 0.05) is 0 Å². The SMILES string of the molecule is CCCC1CCC(c2ccc(C(F)(F)OC(C)c3cc(F)c(OC(F)(F)F)c(F)c3)cc2)CC1. The summed E-state index contributed by atoms with van der Waals surface area (Å²) in [6.45, 7) is 3.29. The van der Waals surface area contributed by atoms with Gasteiger partial charge in [0.1, 0.15) is 0 Å². The molecule has 3 rings (SSSR count). The molecule has 2 nitrogen and oxygen atoms in total. The molecule has 1 aliphatic carbocycles. The maximum absolute atomic E-state index is 14.7. The minimum absolute atomic E-state index is 0.319. The Labute approximate surface area is 194 Å². The van der Waals surface area contributed by atoms with Gasteiger partial charge in [0.2, 0.25) is 5.75 Å². The summed E-state index contributed by atoms with van der Waals surface area (Å²) in [4.78, 5) is 0. The molecule has 0 saturated heterocycles. The summed E-state index contributed by atoms with van der Waals surface area (Å²) in [5.41, 5.74) is 0.150. The van der Waals surface area contributed by atoms with Crippen molar-refractivity contribution in [3.8, 4) is 5.75 Å². The van der Waals surface area contributed by atoms with Crippen LogP contribution < -0.4 is 4.74 Å². The van der Waals surface area contributed by atoms with Crippen LogP contribution in [-0.4, -0.2) is 6.36 Å². The van der Waals surface area contributed by atoms with Gasteiger partial charge < -0.3 is 9.47 Å². The Balaban J connectivity index is 1.67. The maximum atomic E-state index is 14.7. The van der Waals surface area contributed by atoms with Gasteiger partial charge in [-0.15, -0.1) is 13.2 Å². The average Bonchev–Trinajstić information content (AvgIpc) is 2.76. The van der Waals surface area contributed by atoms with Crippen LogP contribution >= 0.6 is 0 Å². The van der Waals surface area contributed by atoms with Crippen molar-refractivity contribution in [3.63, 3.8) is 0 Å². The Morgan fingerprint density at radius 3 is 1.97 bits per heavy atom. The first-order valence-electron chi connectivity index (χ1n) is 11.3. The molecule has 1 atom stereocenters. The zero-order chi connectivity index (χ0) is 25.1. The molecule has 2 aromatic rings. The first-order valence-corrected chi connectivity index (χ1v) is 11.3. The van der Waals surface area contributed by atoms with Crippen LogP contribution in [0.1, 0.15) is 81.1 Å². The minimum Gasteiger partial charge on any atom is -0.399 e. The van der Waals surface area contributed by atoms with Crippen LogP contribution in [0.25, 0.3) is 0 Å². The van der Waals surface area contributed by atoms with Crippen LogP contribution in [0.2, 0.25) is 0 Å². The third-order valence-corrected chi connectivity index (χ3v) is 6.29. The Morgan fingerprint density at radius 2 is 1.47 bits per heavy atom. The lowest BCUT2D eigenvalue weighted by Crippen LogP contribution is -2.21. The van der Waals surface area contributed by atoms with E-state index in [1.54, 1.807) is 12.1 Å². The van der Waals surface area contributed by atoms with Crippen molar-refractivity contribution < 1.29 is 40.2 Å². The van der Waals surface area contributed by atoms with Gasteiger partial charge >= 0.3 is 12.5 Å². The highest BCUT2D eigenvalue weighted by atomic mass is 19.4. The molecule has 34 heavy (non-hydrogen) atoms. The zero-order valence-electron chi connectivity index (χ0n) is 18.9. The molecule has 0 aliphatic heterocycles. The van der Waals surface area contributed by atoms with Crippen molar-refractivity contribution in [1.82, 2.24) is 0 Å². The molecule has 1 aliphatic rings. The maximum Gasteiger partial charge on any atom is 0.573 e. The van der Waals surface area contributed by atoms with E-state index in [-0.39, 0.29) is 0 Å². The van der Waals surface area contributed by atoms with E-state index in [0.717, 1.165) is 50.5 Å². The Morgan fingerprint density at radius 1 is 0.912 bits per heavy atom. The second-order valence-electron chi connectivity index (χ2n) is 8.77. The summed E-state index contributed by atoms with van der Waals surface area (Å²) in [6.07, 6.45) is -3.98. The lowest BCUT2D eigenvalue weighted by Gasteiger charge is -2.29. The third-order valence-electron chi connectivity index (χ3n) is 6.29. The number of ether oxygens (including phenoxy) is 2. The topological polar surface area (TPSA) is 18.5 Å². The second kappa shape index (κ2) is 10.5. The molecule has 1 unspecified atom stereocenters. The molecule has 0 bridgehead atoms. The number of rotatable bonds is 8. The van der Waals surface area contributed by atoms with Gasteiger partial charge in [-0.1, -0.05) is 44.0 Å². The number of alkyl halides is 5. The Bertz CT molecular complexity index is 926. The van der Waals surface area contributed by atoms with Gasteiger partial charge in [-0.05, 0) is 67.7 Å². The van der Waals surface area contributed by atoms with Crippen molar-refractivity contribution in [2.75, 3.05) is 0 Å². The van der Waals surface area contributed by atoms with E-state index in [1.807, 2.05) is 0 Å². The normalized spacial score (nSPS) is 20.3. The molecule has 2 aromatic carbocycles. The van der Waals surface area contributed by atoms with Crippen LogP contribution in [0, 0.1) is 17.6 Å². The van der Waals surface area contributed by atoms with Crippen molar-refractivity contribution in [1.29, 1.82) is 0 Å². The molecular formula is C25H27F7O2. The lowest BCUT2D eigenvalue weighted by atomic mass is 9.77. The van der Waals surface area contributed by atoms with E-state index < -0.39 is 47.1 Å². The molecule has 0 heterocycles.